The molecule has 2 aromatic rings. The fourth-order valence-corrected chi connectivity index (χ4v) is 3.15. The third-order valence-corrected chi connectivity index (χ3v) is 4.45. The Morgan fingerprint density at radius 1 is 1.38 bits per heavy atom. The molecule has 1 saturated heterocycles. The number of hydrogen-bond acceptors (Lipinski definition) is 4. The lowest BCUT2D eigenvalue weighted by Gasteiger charge is -2.22. The van der Waals surface area contributed by atoms with E-state index in [0.29, 0.717) is 24.1 Å². The zero-order chi connectivity index (χ0) is 17.1. The summed E-state index contributed by atoms with van der Waals surface area (Å²) in [6.07, 6.45) is 2.27. The molecule has 6 nitrogen and oxygen atoms in total. The van der Waals surface area contributed by atoms with Gasteiger partial charge in [0, 0.05) is 12.6 Å². The zero-order valence-corrected chi connectivity index (χ0v) is 14.0. The van der Waals surface area contributed by atoms with Gasteiger partial charge < -0.3 is 5.32 Å². The van der Waals surface area contributed by atoms with Crippen molar-refractivity contribution in [1.29, 1.82) is 0 Å². The first-order valence-corrected chi connectivity index (χ1v) is 8.30. The largest absolute Gasteiger partial charge is 0.348 e. The molecule has 128 valence electrons. The Bertz CT molecular complexity index is 712. The third-order valence-electron chi connectivity index (χ3n) is 4.45. The summed E-state index contributed by atoms with van der Waals surface area (Å²) in [4.78, 5) is 18.9. The number of likely N-dealkylation sites (N-methyl/N-ethyl adjacent to an activating group) is 1. The van der Waals surface area contributed by atoms with Crippen LogP contribution in [0.2, 0.25) is 0 Å². The van der Waals surface area contributed by atoms with E-state index in [1.807, 2.05) is 0 Å². The van der Waals surface area contributed by atoms with Gasteiger partial charge in [-0.3, -0.25) is 9.69 Å². The topological polar surface area (TPSA) is 63.1 Å². The molecular formula is C17H22FN5O. The molecule has 0 saturated carbocycles. The highest BCUT2D eigenvalue weighted by Crippen LogP contribution is 2.16. The van der Waals surface area contributed by atoms with Gasteiger partial charge in [0.2, 0.25) is 5.82 Å². The monoisotopic (exact) mass is 331 g/mol. The lowest BCUT2D eigenvalue weighted by atomic mass is 10.2. The van der Waals surface area contributed by atoms with Crippen LogP contribution in [0.1, 0.15) is 36.2 Å². The van der Waals surface area contributed by atoms with Crippen LogP contribution in [-0.4, -0.2) is 51.2 Å². The van der Waals surface area contributed by atoms with Crippen molar-refractivity contribution in [3.8, 4) is 5.69 Å². The number of carbonyl (C=O) groups excluding carboxylic acids is 1. The first kappa shape index (κ1) is 16.6. The smallest absolute Gasteiger partial charge is 0.291 e. The van der Waals surface area contributed by atoms with Crippen molar-refractivity contribution in [2.45, 2.75) is 32.7 Å². The van der Waals surface area contributed by atoms with Crippen molar-refractivity contribution < 1.29 is 9.18 Å². The summed E-state index contributed by atoms with van der Waals surface area (Å²) in [7, 11) is 0. The van der Waals surface area contributed by atoms with Gasteiger partial charge in [0.05, 0.1) is 5.69 Å². The number of nitrogens with one attached hydrogen (secondary N) is 1. The maximum Gasteiger partial charge on any atom is 0.291 e. The molecule has 7 heteroatoms. The predicted octanol–water partition coefficient (Wildman–Crippen LogP) is 1.93. The van der Waals surface area contributed by atoms with Crippen LogP contribution in [0.15, 0.2) is 24.3 Å². The summed E-state index contributed by atoms with van der Waals surface area (Å²) < 4.78 is 14.6. The minimum atomic E-state index is -0.313. The molecule has 0 spiro atoms. The summed E-state index contributed by atoms with van der Waals surface area (Å²) in [6, 6.07) is 6.32. The van der Waals surface area contributed by atoms with Gasteiger partial charge in [-0.25, -0.2) is 14.1 Å². The van der Waals surface area contributed by atoms with Crippen molar-refractivity contribution in [3.05, 3.63) is 41.7 Å². The van der Waals surface area contributed by atoms with E-state index >= 15 is 0 Å². The van der Waals surface area contributed by atoms with Gasteiger partial charge in [0.15, 0.2) is 0 Å². The average Bonchev–Trinajstić information content (AvgIpc) is 3.19. The Hall–Kier alpha value is -2.28. The molecule has 1 amide bonds. The van der Waals surface area contributed by atoms with Crippen molar-refractivity contribution in [2.24, 2.45) is 0 Å². The Labute approximate surface area is 140 Å². The molecule has 1 N–H and O–H groups in total. The molecule has 3 rings (SSSR count). The van der Waals surface area contributed by atoms with Gasteiger partial charge in [-0.15, -0.1) is 5.10 Å². The SMILES string of the molecule is CCN1CCC[C@@H]1CNC(=O)c1nc(C)n(-c2ccc(F)cc2)n1. The number of aromatic nitrogens is 3. The molecule has 0 unspecified atom stereocenters. The second-order valence-electron chi connectivity index (χ2n) is 6.01. The Balaban J connectivity index is 1.67. The van der Waals surface area contributed by atoms with Gasteiger partial charge in [-0.05, 0) is 57.1 Å². The van der Waals surface area contributed by atoms with E-state index in [1.165, 1.54) is 18.6 Å². The summed E-state index contributed by atoms with van der Waals surface area (Å²) in [5.41, 5.74) is 0.674. The molecule has 1 fully saturated rings. The molecule has 0 aliphatic carbocycles. The second-order valence-corrected chi connectivity index (χ2v) is 6.01. The van der Waals surface area contributed by atoms with E-state index in [9.17, 15) is 9.18 Å². The number of aryl methyl sites for hydroxylation is 1. The van der Waals surface area contributed by atoms with Crippen molar-refractivity contribution in [3.63, 3.8) is 0 Å². The van der Waals surface area contributed by atoms with E-state index in [-0.39, 0.29) is 17.5 Å². The van der Waals surface area contributed by atoms with Gasteiger partial charge in [-0.1, -0.05) is 6.92 Å². The molecule has 1 aliphatic heterocycles. The standard InChI is InChI=1S/C17H22FN5O/c1-3-22-10-4-5-15(22)11-19-17(24)16-20-12(2)23(21-16)14-8-6-13(18)7-9-14/h6-9,15H,3-5,10-11H2,1-2H3,(H,19,24)/t15-/m1/s1. The maximum absolute atomic E-state index is 13.0. The number of rotatable bonds is 5. The van der Waals surface area contributed by atoms with E-state index in [1.54, 1.807) is 23.7 Å². The molecule has 1 atom stereocenters. The normalized spacial score (nSPS) is 18.0. The third kappa shape index (κ3) is 3.46. The molecule has 2 heterocycles. The van der Waals surface area contributed by atoms with E-state index in [2.05, 4.69) is 27.2 Å². The molecule has 1 aliphatic rings. The Morgan fingerprint density at radius 2 is 2.12 bits per heavy atom. The number of halogens is 1. The van der Waals surface area contributed by atoms with E-state index in [0.717, 1.165) is 19.5 Å². The average molecular weight is 331 g/mol. The minimum Gasteiger partial charge on any atom is -0.348 e. The minimum absolute atomic E-state index is 0.137. The summed E-state index contributed by atoms with van der Waals surface area (Å²) in [6.45, 7) is 6.60. The molecule has 0 radical (unpaired) electrons. The van der Waals surface area contributed by atoms with Gasteiger partial charge in [0.1, 0.15) is 11.6 Å². The summed E-state index contributed by atoms with van der Waals surface area (Å²) >= 11 is 0. The van der Waals surface area contributed by atoms with E-state index in [4.69, 9.17) is 0 Å². The second kappa shape index (κ2) is 7.09. The lowest BCUT2D eigenvalue weighted by molar-refractivity contribution is 0.0931. The van der Waals surface area contributed by atoms with Gasteiger partial charge in [0.25, 0.3) is 5.91 Å². The summed E-state index contributed by atoms with van der Waals surface area (Å²) in [5.74, 6) is 0.133. The zero-order valence-electron chi connectivity index (χ0n) is 14.0. The molecule has 24 heavy (non-hydrogen) atoms. The number of likely N-dealkylation sites (tertiary alicyclic amines) is 1. The lowest BCUT2D eigenvalue weighted by Crippen LogP contribution is -2.40. The number of hydrogen-bond donors (Lipinski definition) is 1. The van der Waals surface area contributed by atoms with Crippen molar-refractivity contribution >= 4 is 5.91 Å². The number of benzene rings is 1. The number of amides is 1. The van der Waals surface area contributed by atoms with Crippen LogP contribution in [0, 0.1) is 12.7 Å². The first-order chi connectivity index (χ1) is 11.6. The van der Waals surface area contributed by atoms with Crippen LogP contribution in [0.4, 0.5) is 4.39 Å². The quantitative estimate of drug-likeness (QED) is 0.909. The van der Waals surface area contributed by atoms with Gasteiger partial charge in [-0.2, -0.15) is 0 Å². The first-order valence-electron chi connectivity index (χ1n) is 8.30. The van der Waals surface area contributed by atoms with Crippen LogP contribution < -0.4 is 5.32 Å². The highest BCUT2D eigenvalue weighted by molar-refractivity contribution is 5.90. The number of carbonyl (C=O) groups is 1. The van der Waals surface area contributed by atoms with Crippen LogP contribution in [0.25, 0.3) is 5.69 Å². The van der Waals surface area contributed by atoms with E-state index < -0.39 is 0 Å². The van der Waals surface area contributed by atoms with Crippen molar-refractivity contribution in [1.82, 2.24) is 25.0 Å². The highest BCUT2D eigenvalue weighted by Gasteiger charge is 2.24. The Morgan fingerprint density at radius 3 is 2.83 bits per heavy atom. The number of nitrogens with zero attached hydrogens (tertiary/aromatic N) is 4. The van der Waals surface area contributed by atoms with Gasteiger partial charge >= 0.3 is 0 Å². The maximum atomic E-state index is 13.0. The molecule has 1 aromatic heterocycles. The molecule has 0 bridgehead atoms. The fourth-order valence-electron chi connectivity index (χ4n) is 3.15. The van der Waals surface area contributed by atoms with Crippen LogP contribution in [0.5, 0.6) is 0 Å². The van der Waals surface area contributed by atoms with Crippen LogP contribution in [-0.2, 0) is 0 Å². The molecule has 1 aromatic carbocycles. The predicted molar refractivity (Wildman–Crippen MR) is 88.7 cm³/mol. The van der Waals surface area contributed by atoms with Crippen LogP contribution >= 0.6 is 0 Å². The van der Waals surface area contributed by atoms with Crippen LogP contribution in [0.3, 0.4) is 0 Å². The molecular weight excluding hydrogens is 309 g/mol. The fraction of sp³-hybridized carbons (Fsp3) is 0.471. The Kier molecular flexibility index (Phi) is 4.89. The van der Waals surface area contributed by atoms with Crippen molar-refractivity contribution in [2.75, 3.05) is 19.6 Å². The summed E-state index contributed by atoms with van der Waals surface area (Å²) in [5, 5.41) is 7.18. The highest BCUT2D eigenvalue weighted by atomic mass is 19.1.